The maximum Gasteiger partial charge on any atom is 0.278 e. The molecular formula is C41H59ClN6O14S3. The molecule has 0 bridgehead atoms. The molecule has 5 atom stereocenters. The molecule has 0 aliphatic carbocycles. The van der Waals surface area contributed by atoms with Crippen molar-refractivity contribution in [2.24, 2.45) is 5.14 Å². The molecule has 0 radical (unpaired) electrons. The van der Waals surface area contributed by atoms with Crippen LogP contribution in [-0.4, -0.2) is 147 Å². The van der Waals surface area contributed by atoms with Crippen molar-refractivity contribution in [3.05, 3.63) is 94.6 Å². The Morgan fingerprint density at radius 2 is 1.58 bits per heavy atom. The van der Waals surface area contributed by atoms with E-state index in [2.05, 4.69) is 20.9 Å². The number of ether oxygens (including phenoxy) is 3. The lowest BCUT2D eigenvalue weighted by atomic mass is 10.0. The molecule has 0 fully saturated rings. The molecule has 0 unspecified atom stereocenters. The number of thiazole rings is 1. The molecule has 1 aliphatic rings. The molecule has 0 saturated carbocycles. The van der Waals surface area contributed by atoms with E-state index in [1.807, 2.05) is 51.1 Å². The number of carbonyl (C=O) groups is 1. The number of nitrogens with zero attached hydrogens (tertiary/aromatic N) is 2. The number of rotatable bonds is 19. The number of likely N-dealkylation sites (N-methyl/N-ethyl adjacent to an activating group) is 2. The van der Waals surface area contributed by atoms with Crippen molar-refractivity contribution in [1.29, 1.82) is 0 Å². The van der Waals surface area contributed by atoms with Gasteiger partial charge in [0.2, 0.25) is 10.0 Å². The zero-order valence-electron chi connectivity index (χ0n) is 36.6. The van der Waals surface area contributed by atoms with Gasteiger partial charge in [-0.2, -0.15) is 0 Å². The van der Waals surface area contributed by atoms with Gasteiger partial charge in [0, 0.05) is 42.8 Å². The normalized spacial score (nSPS) is 15.2. The number of hydrogen-bond acceptors (Lipinski definition) is 18. The quantitative estimate of drug-likeness (QED) is 0.0593. The summed E-state index contributed by atoms with van der Waals surface area (Å²) in [5, 5.41) is 69.3. The fraction of sp³-hybridized carbons (Fsp3) is 0.415. The van der Waals surface area contributed by atoms with E-state index in [9.17, 15) is 31.8 Å². The van der Waals surface area contributed by atoms with Gasteiger partial charge in [-0.3, -0.25) is 14.4 Å². The summed E-state index contributed by atoms with van der Waals surface area (Å²) in [5.74, 6) is 0.563. The van der Waals surface area contributed by atoms with Crippen molar-refractivity contribution in [1.82, 2.24) is 19.9 Å². The summed E-state index contributed by atoms with van der Waals surface area (Å²) in [7, 11) is -3.52. The number of hydrogen-bond donors (Lipinski definition) is 10. The third-order valence-corrected chi connectivity index (χ3v) is 12.8. The predicted octanol–water partition coefficient (Wildman–Crippen LogP) is 1.36. The number of aromatic nitrogens is 1. The average molecular weight is 992 g/mol. The van der Waals surface area contributed by atoms with E-state index in [0.29, 0.717) is 37.1 Å². The first-order valence-corrected chi connectivity index (χ1v) is 23.5. The van der Waals surface area contributed by atoms with Gasteiger partial charge in [-0.05, 0) is 76.2 Å². The first-order chi connectivity index (χ1) is 30.2. The van der Waals surface area contributed by atoms with Gasteiger partial charge >= 0.3 is 0 Å². The number of halogens is 1. The first-order valence-electron chi connectivity index (χ1n) is 19.7. The molecule has 2 heterocycles. The number of amides is 1. The number of para-hydroxylation sites is 2. The number of carbonyl (C=O) groups excluding carboxylic acids is 1. The van der Waals surface area contributed by atoms with Crippen LogP contribution < -0.4 is 35.3 Å². The molecule has 3 aromatic carbocycles. The zero-order chi connectivity index (χ0) is 47.8. The van der Waals surface area contributed by atoms with Crippen molar-refractivity contribution >= 4 is 60.6 Å². The van der Waals surface area contributed by atoms with E-state index in [-0.39, 0.29) is 57.6 Å². The van der Waals surface area contributed by atoms with Gasteiger partial charge < -0.3 is 55.5 Å². The molecular weight excluding hydrogens is 932 g/mol. The van der Waals surface area contributed by atoms with Crippen LogP contribution in [0.5, 0.6) is 17.2 Å². The van der Waals surface area contributed by atoms with E-state index < -0.39 is 57.0 Å². The van der Waals surface area contributed by atoms with Crippen molar-refractivity contribution in [3.63, 3.8) is 0 Å². The molecule has 24 heteroatoms. The highest BCUT2D eigenvalue weighted by molar-refractivity contribution is 7.89. The molecule has 0 saturated heterocycles. The second-order valence-electron chi connectivity index (χ2n) is 14.1. The van der Waals surface area contributed by atoms with Gasteiger partial charge in [0.1, 0.15) is 35.6 Å². The Bertz CT molecular complexity index is 2390. The lowest BCUT2D eigenvalue weighted by Gasteiger charge is -2.28. The van der Waals surface area contributed by atoms with Crippen LogP contribution in [0.2, 0.25) is 0 Å². The Morgan fingerprint density at radius 3 is 2.15 bits per heavy atom. The summed E-state index contributed by atoms with van der Waals surface area (Å²) >= 11 is 1.25. The first kappa shape index (κ1) is 56.5. The minimum absolute atomic E-state index is 0. The number of benzene rings is 3. The summed E-state index contributed by atoms with van der Waals surface area (Å²) in [6.45, 7) is 6.92. The highest BCUT2D eigenvalue weighted by atomic mass is 35.5. The van der Waals surface area contributed by atoms with Crippen LogP contribution in [0, 0.1) is 6.92 Å². The van der Waals surface area contributed by atoms with E-state index >= 15 is 0 Å². The highest BCUT2D eigenvalue weighted by Gasteiger charge is 2.38. The third kappa shape index (κ3) is 16.0. The number of nitrogens with two attached hydrogens (primary N) is 1. The Kier molecular flexibility index (Phi) is 23.0. The number of primary sulfonamides is 1. The number of aliphatic hydroxyl groups is 6. The average Bonchev–Trinajstić information content (AvgIpc) is 3.68. The summed E-state index contributed by atoms with van der Waals surface area (Å²) < 4.78 is 65.6. The number of aliphatic hydroxyl groups excluding tert-OH is 6. The summed E-state index contributed by atoms with van der Waals surface area (Å²) in [4.78, 5) is 17.3. The van der Waals surface area contributed by atoms with Crippen molar-refractivity contribution in [2.45, 2.75) is 67.4 Å². The smallest absolute Gasteiger partial charge is 0.278 e. The Morgan fingerprint density at radius 1 is 0.969 bits per heavy atom. The summed E-state index contributed by atoms with van der Waals surface area (Å²) in [5.41, 5.74) is 0.620. The van der Waals surface area contributed by atoms with Crippen molar-refractivity contribution in [2.75, 3.05) is 59.4 Å². The van der Waals surface area contributed by atoms with E-state index in [0.717, 1.165) is 20.5 Å². The Hall–Kier alpha value is -4.63. The Balaban J connectivity index is 0.000000354. The molecule has 5 rings (SSSR count). The summed E-state index contributed by atoms with van der Waals surface area (Å²) in [6.07, 6.45) is -3.42. The second kappa shape index (κ2) is 26.5. The maximum absolute atomic E-state index is 12.5. The summed E-state index contributed by atoms with van der Waals surface area (Å²) in [6, 6.07) is 18.7. The van der Waals surface area contributed by atoms with Crippen LogP contribution in [0.4, 0.5) is 5.13 Å². The highest BCUT2D eigenvalue weighted by Crippen LogP contribution is 2.35. The number of fused-ring (bicyclic) bond motifs is 1. The largest absolute Gasteiger partial charge is 0.505 e. The molecule has 0 spiro atoms. The number of methoxy groups -OCH3 is 1. The van der Waals surface area contributed by atoms with Gasteiger partial charge in [0.15, 0.2) is 28.1 Å². The van der Waals surface area contributed by atoms with E-state index in [4.69, 9.17) is 39.8 Å². The van der Waals surface area contributed by atoms with Gasteiger partial charge in [0.25, 0.3) is 15.9 Å². The minimum Gasteiger partial charge on any atom is -0.505 e. The second-order valence-corrected chi connectivity index (χ2v) is 18.8. The number of nitrogens with one attached hydrogen (secondary N) is 3. The molecule has 362 valence electrons. The topological polar surface area (TPSA) is 313 Å². The fourth-order valence-corrected chi connectivity index (χ4v) is 8.76. The van der Waals surface area contributed by atoms with Crippen LogP contribution in [0.1, 0.15) is 29.9 Å². The van der Waals surface area contributed by atoms with Crippen LogP contribution in [-0.2, 0) is 31.3 Å². The fourth-order valence-electron chi connectivity index (χ4n) is 5.95. The van der Waals surface area contributed by atoms with Crippen LogP contribution in [0.3, 0.4) is 0 Å². The van der Waals surface area contributed by atoms with Crippen molar-refractivity contribution < 1.29 is 66.5 Å². The van der Waals surface area contributed by atoms with E-state index in [1.165, 1.54) is 37.6 Å². The van der Waals surface area contributed by atoms with Crippen molar-refractivity contribution in [3.8, 4) is 17.2 Å². The molecule has 20 nitrogen and oxygen atoms in total. The monoisotopic (exact) mass is 990 g/mol. The van der Waals surface area contributed by atoms with Gasteiger partial charge in [-0.15, -0.1) is 23.7 Å². The number of aryl methyl sites for hydroxylation is 1. The molecule has 1 aliphatic heterocycles. The molecule has 4 aromatic rings. The van der Waals surface area contributed by atoms with Crippen LogP contribution in [0.25, 0.3) is 5.76 Å². The molecule has 1 amide bonds. The zero-order valence-corrected chi connectivity index (χ0v) is 39.9. The van der Waals surface area contributed by atoms with Gasteiger partial charge in [0.05, 0.1) is 31.3 Å². The standard InChI is InChI=1S/C20H28N2O5S.C14H13N3O4S2.C7H17NO5.ClH/c1-4-26-17-7-5-6-8-18(17)27-12-11-22-15(2)13-16-9-10-19(25-3)20(14-16)28(21,23)24;1-8-7-15-14(22-8)16-13(19)11-12(18)9-5-3-4-6-10(9)23(20,21)17(11)2;1-8-2-4(10)6(12)7(13)5(11)3-9;/h5-10,14-15,22H,4,11-13H2,1-3H3,(H2,21,23,24);3-7,18H,1-2H3,(H,15,16,19);4-13H,2-3H2,1H3;1H/t15-;;4-,5+,6+,7+;/m1.0./s1. The maximum atomic E-state index is 12.5. The van der Waals surface area contributed by atoms with Gasteiger partial charge in [-0.1, -0.05) is 30.3 Å². The third-order valence-electron chi connectivity index (χ3n) is 9.19. The minimum atomic E-state index is -3.90. The molecule has 11 N–H and O–H groups in total. The SMILES string of the molecule is CCOc1ccccc1OCCN[C@H](C)Cc1ccc(OC)c(S(N)(=O)=O)c1.CNC[C@H](O)[C@@H](O)[C@H](O)[C@H](O)CO.Cc1cnc(NC(=O)C2=C(O)c3ccccc3S(=O)(=O)N2C)s1.Cl. The molecule has 1 aromatic heterocycles. The van der Waals surface area contributed by atoms with Crippen LogP contribution in [0.15, 0.2) is 88.4 Å². The van der Waals surface area contributed by atoms with Gasteiger partial charge in [-0.25, -0.2) is 27.0 Å². The van der Waals surface area contributed by atoms with Crippen LogP contribution >= 0.6 is 23.7 Å². The molecule has 65 heavy (non-hydrogen) atoms. The van der Waals surface area contributed by atoms with E-state index in [1.54, 1.807) is 37.5 Å². The predicted molar refractivity (Wildman–Crippen MR) is 247 cm³/mol. The lowest BCUT2D eigenvalue weighted by Crippen LogP contribution is -2.48. The number of anilines is 1. The Labute approximate surface area is 389 Å². The number of sulfonamides is 2. The lowest BCUT2D eigenvalue weighted by molar-refractivity contribution is -0.113.